The van der Waals surface area contributed by atoms with Crippen molar-refractivity contribution < 1.29 is 23.4 Å². The summed E-state index contributed by atoms with van der Waals surface area (Å²) < 4.78 is 30.1. The largest absolute Gasteiger partial charge is 0.460 e. The van der Waals surface area contributed by atoms with Gasteiger partial charge >= 0.3 is 5.97 Å². The normalized spacial score (nSPS) is 10.6. The van der Waals surface area contributed by atoms with Crippen LogP contribution in [0.1, 0.15) is 12.0 Å². The molecule has 9 nitrogen and oxygen atoms in total. The molecule has 0 atom stereocenters. The van der Waals surface area contributed by atoms with Crippen LogP contribution in [0.3, 0.4) is 0 Å². The molecule has 0 amide bonds. The van der Waals surface area contributed by atoms with Gasteiger partial charge in [0.25, 0.3) is 0 Å². The molecular formula is C20H26FN5O4. The summed E-state index contributed by atoms with van der Waals surface area (Å²) in [4.78, 5) is 22.2. The minimum absolute atomic E-state index is 0.204. The first-order chi connectivity index (χ1) is 14.5. The SMILES string of the molecule is COCCN(CCOC)c1ncc(-c2cccc(COC(=O)CC(=N)N)c2F)cn1. The van der Waals surface area contributed by atoms with Gasteiger partial charge in [0.2, 0.25) is 5.95 Å². The quantitative estimate of drug-likeness (QED) is 0.303. The van der Waals surface area contributed by atoms with Gasteiger partial charge in [0, 0.05) is 56.4 Å². The Bertz CT molecular complexity index is 840. The van der Waals surface area contributed by atoms with Crippen LogP contribution in [0.25, 0.3) is 11.1 Å². The van der Waals surface area contributed by atoms with Crippen LogP contribution in [0.4, 0.5) is 10.3 Å². The summed E-state index contributed by atoms with van der Waals surface area (Å²) in [5.74, 6) is -1.04. The Kier molecular flexibility index (Phi) is 9.10. The molecule has 10 heteroatoms. The lowest BCUT2D eigenvalue weighted by atomic mass is 10.1. The van der Waals surface area contributed by atoms with E-state index in [0.29, 0.717) is 43.4 Å². The first kappa shape index (κ1) is 23.2. The second-order valence-electron chi connectivity index (χ2n) is 6.39. The Hall–Kier alpha value is -3.11. The standard InChI is InChI=1S/C20H26FN5O4/c1-28-8-6-26(7-9-29-2)20-24-11-15(12-25-20)16-5-3-4-14(19(16)21)13-30-18(27)10-17(22)23/h3-5,11-12H,6-10,13H2,1-2H3,(H3,22,23). The molecule has 0 aliphatic rings. The highest BCUT2D eigenvalue weighted by atomic mass is 19.1. The van der Waals surface area contributed by atoms with Crippen molar-refractivity contribution in [2.45, 2.75) is 13.0 Å². The maximum Gasteiger partial charge on any atom is 0.313 e. The molecule has 162 valence electrons. The first-order valence-electron chi connectivity index (χ1n) is 9.27. The summed E-state index contributed by atoms with van der Waals surface area (Å²) in [7, 11) is 3.23. The Labute approximate surface area is 174 Å². The van der Waals surface area contributed by atoms with Crippen LogP contribution < -0.4 is 10.6 Å². The number of esters is 1. The number of nitrogens with two attached hydrogens (primary N) is 1. The zero-order chi connectivity index (χ0) is 21.9. The number of benzene rings is 1. The van der Waals surface area contributed by atoms with E-state index in [9.17, 15) is 9.18 Å². The summed E-state index contributed by atoms with van der Waals surface area (Å²) in [6.45, 7) is 1.94. The van der Waals surface area contributed by atoms with Gasteiger partial charge in [-0.1, -0.05) is 18.2 Å². The molecule has 1 aromatic carbocycles. The van der Waals surface area contributed by atoms with E-state index in [1.807, 2.05) is 4.90 Å². The molecule has 0 aliphatic heterocycles. The molecule has 2 aromatic rings. The fourth-order valence-corrected chi connectivity index (χ4v) is 2.62. The van der Waals surface area contributed by atoms with E-state index in [1.54, 1.807) is 38.7 Å². The van der Waals surface area contributed by atoms with Crippen molar-refractivity contribution in [2.75, 3.05) is 45.4 Å². The van der Waals surface area contributed by atoms with Crippen molar-refractivity contribution in [1.82, 2.24) is 9.97 Å². The number of ether oxygens (including phenoxy) is 3. The maximum atomic E-state index is 14.9. The maximum absolute atomic E-state index is 14.9. The Balaban J connectivity index is 2.15. The number of carbonyl (C=O) groups is 1. The van der Waals surface area contributed by atoms with Crippen molar-refractivity contribution in [3.63, 3.8) is 0 Å². The smallest absolute Gasteiger partial charge is 0.313 e. The Morgan fingerprint density at radius 3 is 2.37 bits per heavy atom. The molecule has 0 aliphatic carbocycles. The summed E-state index contributed by atoms with van der Waals surface area (Å²) in [5, 5.41) is 7.09. The summed E-state index contributed by atoms with van der Waals surface area (Å²) >= 11 is 0. The van der Waals surface area contributed by atoms with Crippen LogP contribution in [-0.2, 0) is 25.6 Å². The molecule has 0 unspecified atom stereocenters. The lowest BCUT2D eigenvalue weighted by Gasteiger charge is -2.21. The van der Waals surface area contributed by atoms with Crippen molar-refractivity contribution in [2.24, 2.45) is 5.73 Å². The van der Waals surface area contributed by atoms with Gasteiger partial charge in [0.05, 0.1) is 13.2 Å². The minimum Gasteiger partial charge on any atom is -0.460 e. The van der Waals surface area contributed by atoms with Crippen LogP contribution in [0.15, 0.2) is 30.6 Å². The summed E-state index contributed by atoms with van der Waals surface area (Å²) in [5.41, 5.74) is 6.15. The number of methoxy groups -OCH3 is 2. The van der Waals surface area contributed by atoms with E-state index < -0.39 is 11.8 Å². The van der Waals surface area contributed by atoms with E-state index in [4.69, 9.17) is 25.4 Å². The number of aromatic nitrogens is 2. The van der Waals surface area contributed by atoms with Gasteiger partial charge in [-0.3, -0.25) is 10.2 Å². The fourth-order valence-electron chi connectivity index (χ4n) is 2.62. The molecule has 0 bridgehead atoms. The Morgan fingerprint density at radius 2 is 1.80 bits per heavy atom. The third-order valence-electron chi connectivity index (χ3n) is 4.16. The average molecular weight is 419 g/mol. The first-order valence-corrected chi connectivity index (χ1v) is 9.27. The molecule has 30 heavy (non-hydrogen) atoms. The highest BCUT2D eigenvalue weighted by Crippen LogP contribution is 2.25. The molecule has 1 heterocycles. The number of hydrogen-bond acceptors (Lipinski definition) is 8. The highest BCUT2D eigenvalue weighted by molar-refractivity contribution is 5.94. The number of halogens is 1. The summed E-state index contributed by atoms with van der Waals surface area (Å²) in [6, 6.07) is 4.78. The number of nitrogens with zero attached hydrogens (tertiary/aromatic N) is 3. The van der Waals surface area contributed by atoms with Gasteiger partial charge in [-0.05, 0) is 0 Å². The highest BCUT2D eigenvalue weighted by Gasteiger charge is 2.15. The predicted octanol–water partition coefficient (Wildman–Crippen LogP) is 1.75. The average Bonchev–Trinajstić information content (AvgIpc) is 2.73. The topological polar surface area (TPSA) is 124 Å². The minimum atomic E-state index is -0.688. The van der Waals surface area contributed by atoms with Crippen molar-refractivity contribution in [1.29, 1.82) is 5.41 Å². The van der Waals surface area contributed by atoms with Crippen LogP contribution >= 0.6 is 0 Å². The van der Waals surface area contributed by atoms with E-state index >= 15 is 0 Å². The molecule has 0 fully saturated rings. The Morgan fingerprint density at radius 1 is 1.17 bits per heavy atom. The van der Waals surface area contributed by atoms with Gasteiger partial charge in [-0.25, -0.2) is 14.4 Å². The van der Waals surface area contributed by atoms with E-state index in [0.717, 1.165) is 0 Å². The number of amidine groups is 1. The second kappa shape index (κ2) is 11.8. The lowest BCUT2D eigenvalue weighted by molar-refractivity contribution is -0.143. The van der Waals surface area contributed by atoms with E-state index in [-0.39, 0.29) is 24.4 Å². The van der Waals surface area contributed by atoms with Gasteiger partial charge in [0.15, 0.2) is 0 Å². The van der Waals surface area contributed by atoms with Gasteiger partial charge < -0.3 is 24.8 Å². The molecular weight excluding hydrogens is 393 g/mol. The van der Waals surface area contributed by atoms with Crippen molar-refractivity contribution in [3.8, 4) is 11.1 Å². The lowest BCUT2D eigenvalue weighted by Crippen LogP contribution is -2.32. The monoisotopic (exact) mass is 419 g/mol. The van der Waals surface area contributed by atoms with Crippen LogP contribution in [0, 0.1) is 11.2 Å². The number of hydrogen-bond donors (Lipinski definition) is 2. The molecule has 0 spiro atoms. The fraction of sp³-hybridized carbons (Fsp3) is 0.400. The zero-order valence-electron chi connectivity index (χ0n) is 17.1. The van der Waals surface area contributed by atoms with E-state index in [2.05, 4.69) is 9.97 Å². The number of anilines is 1. The van der Waals surface area contributed by atoms with Crippen molar-refractivity contribution in [3.05, 3.63) is 42.0 Å². The van der Waals surface area contributed by atoms with Gasteiger partial charge in [0.1, 0.15) is 24.7 Å². The van der Waals surface area contributed by atoms with E-state index in [1.165, 1.54) is 6.07 Å². The predicted molar refractivity (Wildman–Crippen MR) is 110 cm³/mol. The third-order valence-corrected chi connectivity index (χ3v) is 4.16. The molecule has 0 radical (unpaired) electrons. The third kappa shape index (κ3) is 6.75. The summed E-state index contributed by atoms with van der Waals surface area (Å²) in [6.07, 6.45) is 2.75. The number of carbonyl (C=O) groups excluding carboxylic acids is 1. The van der Waals surface area contributed by atoms with Gasteiger partial charge in [-0.15, -0.1) is 0 Å². The molecule has 3 N–H and O–H groups in total. The zero-order valence-corrected chi connectivity index (χ0v) is 17.1. The van der Waals surface area contributed by atoms with Gasteiger partial charge in [-0.2, -0.15) is 0 Å². The molecule has 2 rings (SSSR count). The number of rotatable bonds is 12. The van der Waals surface area contributed by atoms with Crippen LogP contribution in [0.5, 0.6) is 0 Å². The van der Waals surface area contributed by atoms with Crippen molar-refractivity contribution >= 4 is 17.8 Å². The number of nitrogens with one attached hydrogen (secondary N) is 1. The molecule has 1 aromatic heterocycles. The van der Waals surface area contributed by atoms with Crippen LogP contribution in [0.2, 0.25) is 0 Å². The second-order valence-corrected chi connectivity index (χ2v) is 6.39. The molecule has 0 saturated heterocycles. The van der Waals surface area contributed by atoms with Crippen LogP contribution in [-0.4, -0.2) is 62.3 Å². The molecule has 0 saturated carbocycles.